The number of likely N-dealkylation sites (tertiary alicyclic amines) is 3. The lowest BCUT2D eigenvalue weighted by atomic mass is 9.95. The maximum absolute atomic E-state index is 3.62. The first-order valence-corrected chi connectivity index (χ1v) is 28.3. The van der Waals surface area contributed by atoms with Gasteiger partial charge in [0.15, 0.2) is 0 Å². The van der Waals surface area contributed by atoms with Crippen molar-refractivity contribution in [1.82, 2.24) is 29.2 Å². The molecule has 9 aromatic rings. The summed E-state index contributed by atoms with van der Waals surface area (Å²) in [6.07, 6.45) is 31.3. The summed E-state index contributed by atoms with van der Waals surface area (Å²) in [6.45, 7) is 3.65. The smallest absolute Gasteiger partial charge is 0.0589 e. The average Bonchev–Trinajstić information content (AvgIpc) is 4.34. The molecule has 6 aromatic carbocycles. The van der Waals surface area contributed by atoms with Gasteiger partial charge in [0.1, 0.15) is 0 Å². The van der Waals surface area contributed by atoms with E-state index in [2.05, 4.69) is 239 Å². The molecule has 3 aliphatic rings. The molecule has 75 heavy (non-hydrogen) atoms. The minimum atomic E-state index is 0.230. The van der Waals surface area contributed by atoms with E-state index in [1.165, 1.54) is 141 Å². The number of nitrogens with zero attached hydrogens (tertiary/aromatic N) is 4. The van der Waals surface area contributed by atoms with Crippen LogP contribution in [0, 0.1) is 0 Å². The Balaban J connectivity index is 0.000000201. The molecule has 384 valence electrons. The van der Waals surface area contributed by atoms with Gasteiger partial charge in [-0.1, -0.05) is 133 Å². The van der Waals surface area contributed by atoms with Crippen LogP contribution in [0.1, 0.15) is 101 Å². The van der Waals surface area contributed by atoms with Gasteiger partial charge in [-0.15, -0.1) is 0 Å². The van der Waals surface area contributed by atoms with Crippen molar-refractivity contribution in [2.75, 3.05) is 40.8 Å². The Labute approximate surface area is 446 Å². The predicted octanol–water partition coefficient (Wildman–Crippen LogP) is 14.9. The standard InChI is InChI=1S/C46H52N4.C23H26N2/c1-48-26-10-18-40(48)29-38-32-47-44-23-22-37(31-42(38)44)45(24-20-35-14-7-4-8-15-35)50-33-39(30-41-19-11-27-49(41)2)43-28-36(21-25-46(43)50)17-9-16-34-12-5-3-6-13-34;1-25-14-6-11-21(25)16-20-17-24-23-13-12-19(15-22(20)23)10-5-9-18-7-3-2-4-8-18/h3-9,12-15,17,21-23,25,28,31-33,40-41,45,47H,10-11,16,18-20,24,26-27,29-30H2,1-2H3;2-5,7-8,10,12-13,15,17,21,24H,6,9,11,14,16H2,1H3/b17-9+;10-5+/t40-,41-,45?;21-/m11/s1. The lowest BCUT2D eigenvalue weighted by molar-refractivity contribution is 0.309. The van der Waals surface area contributed by atoms with E-state index in [4.69, 9.17) is 0 Å². The van der Waals surface area contributed by atoms with E-state index in [1.54, 1.807) is 0 Å². The minimum Gasteiger partial charge on any atom is -0.361 e. The Morgan fingerprint density at radius 1 is 0.493 bits per heavy atom. The zero-order valence-corrected chi connectivity index (χ0v) is 44.8. The average molecular weight is 991 g/mol. The first-order valence-electron chi connectivity index (χ1n) is 28.3. The number of H-pyrrole nitrogens is 2. The van der Waals surface area contributed by atoms with Gasteiger partial charge in [-0.2, -0.15) is 0 Å². The number of aromatic amines is 2. The third-order valence-corrected chi connectivity index (χ3v) is 17.2. The molecule has 2 N–H and O–H groups in total. The van der Waals surface area contributed by atoms with Crippen LogP contribution in [0.3, 0.4) is 0 Å². The fourth-order valence-corrected chi connectivity index (χ4v) is 12.7. The second kappa shape index (κ2) is 23.9. The molecule has 12 rings (SSSR count). The van der Waals surface area contributed by atoms with E-state index < -0.39 is 0 Å². The molecule has 6 heteroatoms. The fourth-order valence-electron chi connectivity index (χ4n) is 12.7. The summed E-state index contributed by atoms with van der Waals surface area (Å²) in [6, 6.07) is 55.7. The van der Waals surface area contributed by atoms with E-state index >= 15 is 0 Å². The molecule has 0 amide bonds. The molecule has 0 bridgehead atoms. The highest BCUT2D eigenvalue weighted by molar-refractivity contribution is 5.88. The van der Waals surface area contributed by atoms with Gasteiger partial charge in [-0.3, -0.25) is 0 Å². The van der Waals surface area contributed by atoms with Crippen LogP contribution in [-0.4, -0.2) is 88.1 Å². The van der Waals surface area contributed by atoms with Crippen LogP contribution in [0.25, 0.3) is 44.9 Å². The molecule has 3 fully saturated rings. The van der Waals surface area contributed by atoms with Gasteiger partial charge in [-0.25, -0.2) is 0 Å². The molecular weight excluding hydrogens is 913 g/mol. The number of hydrogen-bond acceptors (Lipinski definition) is 3. The monoisotopic (exact) mass is 991 g/mol. The second-order valence-electron chi connectivity index (χ2n) is 22.2. The third kappa shape index (κ3) is 12.2. The summed E-state index contributed by atoms with van der Waals surface area (Å²) >= 11 is 0. The molecule has 6 nitrogen and oxygen atoms in total. The van der Waals surface area contributed by atoms with Crippen molar-refractivity contribution in [2.24, 2.45) is 0 Å². The van der Waals surface area contributed by atoms with Crippen molar-refractivity contribution in [3.63, 3.8) is 0 Å². The number of nitrogens with one attached hydrogen (secondary N) is 2. The number of aryl methyl sites for hydroxylation is 1. The largest absolute Gasteiger partial charge is 0.361 e. The van der Waals surface area contributed by atoms with Gasteiger partial charge in [0.05, 0.1) is 6.04 Å². The van der Waals surface area contributed by atoms with Gasteiger partial charge in [-0.05, 0) is 211 Å². The van der Waals surface area contributed by atoms with Gasteiger partial charge < -0.3 is 29.2 Å². The third-order valence-electron chi connectivity index (χ3n) is 17.2. The lowest BCUT2D eigenvalue weighted by Gasteiger charge is -2.22. The summed E-state index contributed by atoms with van der Waals surface area (Å²) in [4.78, 5) is 14.7. The van der Waals surface area contributed by atoms with E-state index in [-0.39, 0.29) is 6.04 Å². The van der Waals surface area contributed by atoms with E-state index in [9.17, 15) is 0 Å². The Morgan fingerprint density at radius 3 is 1.48 bits per heavy atom. The molecule has 0 spiro atoms. The molecule has 0 saturated carbocycles. The SMILES string of the molecule is CN1CCC[C@@H]1Cc1c[nH]c2ccc(/C=C/Cc3ccccc3)cc12.CN1CCC[C@@H]1Cc1c[nH]c2ccc(C(CCc3ccccc3)n3cc(C[C@H]4CCCN4C)c4cc(/C=C/Cc5ccccc5)ccc43)cc12. The van der Waals surface area contributed by atoms with Gasteiger partial charge >= 0.3 is 0 Å². The van der Waals surface area contributed by atoms with Crippen molar-refractivity contribution in [1.29, 1.82) is 0 Å². The highest BCUT2D eigenvalue weighted by atomic mass is 15.2. The number of fused-ring (bicyclic) bond motifs is 3. The Kier molecular flexibility index (Phi) is 16.1. The van der Waals surface area contributed by atoms with Crippen LogP contribution in [0.5, 0.6) is 0 Å². The maximum atomic E-state index is 3.62. The molecule has 3 saturated heterocycles. The van der Waals surface area contributed by atoms with Crippen molar-refractivity contribution < 1.29 is 0 Å². The normalized spacial score (nSPS) is 19.1. The summed E-state index contributed by atoms with van der Waals surface area (Å²) < 4.78 is 2.64. The van der Waals surface area contributed by atoms with E-state index in [0.29, 0.717) is 18.1 Å². The summed E-state index contributed by atoms with van der Waals surface area (Å²) in [7, 11) is 6.86. The number of aromatic nitrogens is 3. The molecule has 3 aliphatic heterocycles. The highest BCUT2D eigenvalue weighted by Gasteiger charge is 2.27. The van der Waals surface area contributed by atoms with Gasteiger partial charge in [0.25, 0.3) is 0 Å². The molecular formula is C69H78N6. The first kappa shape index (κ1) is 50.5. The molecule has 0 radical (unpaired) electrons. The predicted molar refractivity (Wildman–Crippen MR) is 318 cm³/mol. The first-order chi connectivity index (χ1) is 36.9. The molecule has 0 aliphatic carbocycles. The van der Waals surface area contributed by atoms with Crippen LogP contribution < -0.4 is 0 Å². The Hall–Kier alpha value is -6.70. The Bertz CT molecular complexity index is 3320. The van der Waals surface area contributed by atoms with Crippen LogP contribution >= 0.6 is 0 Å². The minimum absolute atomic E-state index is 0.230. The summed E-state index contributed by atoms with van der Waals surface area (Å²) in [5, 5.41) is 4.18. The van der Waals surface area contributed by atoms with Crippen LogP contribution in [0.4, 0.5) is 0 Å². The van der Waals surface area contributed by atoms with Crippen LogP contribution in [-0.2, 0) is 38.5 Å². The van der Waals surface area contributed by atoms with Crippen molar-refractivity contribution in [3.8, 4) is 0 Å². The van der Waals surface area contributed by atoms with Gasteiger partial charge in [0, 0.05) is 69.4 Å². The maximum Gasteiger partial charge on any atom is 0.0589 e. The molecule has 4 atom stereocenters. The lowest BCUT2D eigenvalue weighted by Crippen LogP contribution is -2.26. The summed E-state index contributed by atoms with van der Waals surface area (Å²) in [5.41, 5.74) is 16.3. The highest BCUT2D eigenvalue weighted by Crippen LogP contribution is 2.36. The fraction of sp³-hybridized carbons (Fsp3) is 0.333. The number of hydrogen-bond donors (Lipinski definition) is 2. The number of benzene rings is 6. The quantitative estimate of drug-likeness (QED) is 0.0956. The zero-order chi connectivity index (χ0) is 50.9. The van der Waals surface area contributed by atoms with Crippen LogP contribution in [0.15, 0.2) is 176 Å². The van der Waals surface area contributed by atoms with Crippen molar-refractivity contribution in [2.45, 2.75) is 108 Å². The van der Waals surface area contributed by atoms with Crippen molar-refractivity contribution in [3.05, 3.63) is 226 Å². The topological polar surface area (TPSA) is 46.2 Å². The number of allylic oxidation sites excluding steroid dienone is 2. The number of likely N-dealkylation sites (N-methyl/N-ethyl adjacent to an activating group) is 3. The zero-order valence-electron chi connectivity index (χ0n) is 44.8. The van der Waals surface area contributed by atoms with Gasteiger partial charge in [0.2, 0.25) is 0 Å². The molecule has 6 heterocycles. The van der Waals surface area contributed by atoms with Crippen molar-refractivity contribution >= 4 is 44.9 Å². The summed E-state index contributed by atoms with van der Waals surface area (Å²) in [5.74, 6) is 0. The van der Waals surface area contributed by atoms with E-state index in [0.717, 1.165) is 44.9 Å². The Morgan fingerprint density at radius 2 is 0.960 bits per heavy atom. The molecule has 3 aromatic heterocycles. The number of rotatable bonds is 17. The van der Waals surface area contributed by atoms with E-state index in [1.807, 2.05) is 0 Å². The molecule has 1 unspecified atom stereocenters. The second-order valence-corrected chi connectivity index (χ2v) is 22.2. The van der Waals surface area contributed by atoms with Crippen LogP contribution in [0.2, 0.25) is 0 Å².